The number of rotatable bonds is 3. The quantitative estimate of drug-likeness (QED) is 0.713. The van der Waals surface area contributed by atoms with Crippen LogP contribution in [0.4, 0.5) is 5.69 Å². The average molecular weight is 399 g/mol. The summed E-state index contributed by atoms with van der Waals surface area (Å²) in [5.41, 5.74) is 4.79. The number of hydrogen-bond acceptors (Lipinski definition) is 2. The van der Waals surface area contributed by atoms with E-state index in [9.17, 15) is 9.59 Å². The smallest absolute Gasteiger partial charge is 0.244 e. The molecule has 4 nitrogen and oxygen atoms in total. The highest BCUT2D eigenvalue weighted by Crippen LogP contribution is 2.22. The highest BCUT2D eigenvalue weighted by atomic mass is 79.9. The van der Waals surface area contributed by atoms with Gasteiger partial charge in [-0.15, -0.1) is 0 Å². The Morgan fingerprint density at radius 3 is 2.44 bits per heavy atom. The van der Waals surface area contributed by atoms with Crippen LogP contribution in [0.2, 0.25) is 0 Å². The predicted octanol–water partition coefficient (Wildman–Crippen LogP) is 4.33. The van der Waals surface area contributed by atoms with E-state index in [1.54, 1.807) is 16.8 Å². The van der Waals surface area contributed by atoms with Crippen LogP contribution in [0.1, 0.15) is 16.7 Å². The number of carbonyl (C=O) groups is 1. The molecular weight excluding hydrogens is 380 g/mol. The van der Waals surface area contributed by atoms with E-state index in [1.807, 2.05) is 32.9 Å². The van der Waals surface area contributed by atoms with Gasteiger partial charge < -0.3 is 9.88 Å². The van der Waals surface area contributed by atoms with Crippen molar-refractivity contribution in [2.24, 2.45) is 0 Å². The van der Waals surface area contributed by atoms with Crippen LogP contribution in [0.25, 0.3) is 10.9 Å². The van der Waals surface area contributed by atoms with Crippen LogP contribution in [0, 0.1) is 20.8 Å². The van der Waals surface area contributed by atoms with E-state index in [-0.39, 0.29) is 17.9 Å². The molecule has 1 amide bonds. The molecule has 1 aromatic heterocycles. The normalized spacial score (nSPS) is 10.9. The van der Waals surface area contributed by atoms with Crippen molar-refractivity contribution in [3.05, 3.63) is 74.0 Å². The van der Waals surface area contributed by atoms with Gasteiger partial charge in [0.1, 0.15) is 6.54 Å². The molecule has 0 aliphatic rings. The van der Waals surface area contributed by atoms with Gasteiger partial charge in [-0.05, 0) is 50.1 Å². The second-order valence-corrected chi connectivity index (χ2v) is 7.21. The topological polar surface area (TPSA) is 51.1 Å². The second-order valence-electron chi connectivity index (χ2n) is 6.29. The van der Waals surface area contributed by atoms with Gasteiger partial charge in [0.2, 0.25) is 5.91 Å². The van der Waals surface area contributed by atoms with Crippen molar-refractivity contribution >= 4 is 38.4 Å². The summed E-state index contributed by atoms with van der Waals surface area (Å²) in [6, 6.07) is 11.1. The van der Waals surface area contributed by atoms with Crippen LogP contribution in [-0.2, 0) is 11.3 Å². The van der Waals surface area contributed by atoms with Gasteiger partial charge in [-0.1, -0.05) is 33.6 Å². The summed E-state index contributed by atoms with van der Waals surface area (Å²) in [7, 11) is 0. The zero-order valence-corrected chi connectivity index (χ0v) is 16.0. The third-order valence-corrected chi connectivity index (χ3v) is 4.69. The van der Waals surface area contributed by atoms with Crippen LogP contribution in [0.5, 0.6) is 0 Å². The zero-order valence-electron chi connectivity index (χ0n) is 14.4. The van der Waals surface area contributed by atoms with Gasteiger partial charge in [0, 0.05) is 27.8 Å². The number of carbonyl (C=O) groups excluding carboxylic acids is 1. The van der Waals surface area contributed by atoms with E-state index >= 15 is 0 Å². The summed E-state index contributed by atoms with van der Waals surface area (Å²) >= 11 is 3.38. The van der Waals surface area contributed by atoms with Gasteiger partial charge in [-0.2, -0.15) is 0 Å². The highest BCUT2D eigenvalue weighted by molar-refractivity contribution is 9.10. The van der Waals surface area contributed by atoms with Crippen LogP contribution < -0.4 is 10.7 Å². The summed E-state index contributed by atoms with van der Waals surface area (Å²) in [4.78, 5) is 24.6. The lowest BCUT2D eigenvalue weighted by Gasteiger charge is -2.15. The monoisotopic (exact) mass is 398 g/mol. The Bertz CT molecular complexity index is 1010. The van der Waals surface area contributed by atoms with Crippen molar-refractivity contribution in [1.29, 1.82) is 0 Å². The molecule has 0 saturated heterocycles. The summed E-state index contributed by atoms with van der Waals surface area (Å²) in [6.07, 6.45) is 1.66. The molecule has 0 unspecified atom stereocenters. The van der Waals surface area contributed by atoms with E-state index in [1.165, 1.54) is 11.6 Å². The molecule has 0 fully saturated rings. The van der Waals surface area contributed by atoms with Gasteiger partial charge in [0.25, 0.3) is 0 Å². The zero-order chi connectivity index (χ0) is 18.1. The molecule has 3 rings (SSSR count). The van der Waals surface area contributed by atoms with E-state index in [0.29, 0.717) is 5.39 Å². The van der Waals surface area contributed by atoms with Crippen molar-refractivity contribution < 1.29 is 4.79 Å². The molecular formula is C20H19BrN2O2. The Labute approximate surface area is 154 Å². The Morgan fingerprint density at radius 1 is 1.08 bits per heavy atom. The van der Waals surface area contributed by atoms with E-state index in [2.05, 4.69) is 33.4 Å². The Morgan fingerprint density at radius 2 is 1.76 bits per heavy atom. The number of nitrogens with one attached hydrogen (secondary N) is 1. The molecule has 5 heteroatoms. The average Bonchev–Trinajstić information content (AvgIpc) is 2.54. The predicted molar refractivity (Wildman–Crippen MR) is 105 cm³/mol. The van der Waals surface area contributed by atoms with Crippen molar-refractivity contribution in [3.63, 3.8) is 0 Å². The van der Waals surface area contributed by atoms with Crippen molar-refractivity contribution in [1.82, 2.24) is 4.57 Å². The van der Waals surface area contributed by atoms with Gasteiger partial charge >= 0.3 is 0 Å². The number of nitrogens with zero attached hydrogens (tertiary/aromatic N) is 1. The molecule has 0 spiro atoms. The van der Waals surface area contributed by atoms with Gasteiger partial charge in [0.05, 0.1) is 5.52 Å². The fraction of sp³-hybridized carbons (Fsp3) is 0.200. The Kier molecular flexibility index (Phi) is 4.77. The van der Waals surface area contributed by atoms with Crippen LogP contribution >= 0.6 is 15.9 Å². The molecule has 0 saturated carbocycles. The number of pyridine rings is 1. The fourth-order valence-electron chi connectivity index (χ4n) is 3.13. The minimum Gasteiger partial charge on any atom is -0.338 e. The first-order chi connectivity index (χ1) is 11.8. The summed E-state index contributed by atoms with van der Waals surface area (Å²) in [5, 5.41) is 3.59. The van der Waals surface area contributed by atoms with Crippen LogP contribution in [0.3, 0.4) is 0 Å². The number of fused-ring (bicyclic) bond motifs is 1. The number of hydrogen-bond donors (Lipinski definition) is 1. The number of benzene rings is 2. The summed E-state index contributed by atoms with van der Waals surface area (Å²) in [6.45, 7) is 6.16. The highest BCUT2D eigenvalue weighted by Gasteiger charge is 2.11. The van der Waals surface area contributed by atoms with Crippen molar-refractivity contribution in [2.45, 2.75) is 27.3 Å². The molecule has 0 bridgehead atoms. The lowest BCUT2D eigenvalue weighted by atomic mass is 10.1. The van der Waals surface area contributed by atoms with E-state index in [0.717, 1.165) is 26.8 Å². The molecule has 25 heavy (non-hydrogen) atoms. The molecule has 128 valence electrons. The first-order valence-electron chi connectivity index (χ1n) is 8.01. The first kappa shape index (κ1) is 17.4. The Hall–Kier alpha value is -2.40. The van der Waals surface area contributed by atoms with E-state index in [4.69, 9.17) is 0 Å². The number of amides is 1. The van der Waals surface area contributed by atoms with Gasteiger partial charge in [-0.3, -0.25) is 9.59 Å². The van der Waals surface area contributed by atoms with Crippen LogP contribution in [-0.4, -0.2) is 10.5 Å². The molecule has 1 heterocycles. The lowest BCUT2D eigenvalue weighted by molar-refractivity contribution is -0.116. The fourth-order valence-corrected chi connectivity index (χ4v) is 3.49. The Balaban J connectivity index is 1.91. The third kappa shape index (κ3) is 3.66. The minimum absolute atomic E-state index is 0.0572. The third-order valence-electron chi connectivity index (χ3n) is 4.19. The van der Waals surface area contributed by atoms with Crippen molar-refractivity contribution in [2.75, 3.05) is 5.32 Å². The lowest BCUT2D eigenvalue weighted by Crippen LogP contribution is -2.21. The molecule has 0 radical (unpaired) electrons. The number of anilines is 1. The van der Waals surface area contributed by atoms with Gasteiger partial charge in [0.15, 0.2) is 5.43 Å². The standard InChI is InChI=1S/C20H19BrN2O2/c1-12-8-13(2)20(14(3)9-12)22-19(25)11-23-7-6-18(24)16-10-15(21)4-5-17(16)23/h4-10H,11H2,1-3H3,(H,22,25). The van der Waals surface area contributed by atoms with Gasteiger partial charge in [-0.25, -0.2) is 0 Å². The maximum atomic E-state index is 12.5. The summed E-state index contributed by atoms with van der Waals surface area (Å²) in [5.74, 6) is -0.122. The maximum absolute atomic E-state index is 12.5. The largest absolute Gasteiger partial charge is 0.338 e. The minimum atomic E-state index is -0.122. The van der Waals surface area contributed by atoms with Crippen molar-refractivity contribution in [3.8, 4) is 0 Å². The molecule has 2 aromatic carbocycles. The molecule has 3 aromatic rings. The second kappa shape index (κ2) is 6.84. The van der Waals surface area contributed by atoms with E-state index < -0.39 is 0 Å². The number of aromatic nitrogens is 1. The SMILES string of the molecule is Cc1cc(C)c(NC(=O)Cn2ccc(=O)c3cc(Br)ccc32)c(C)c1. The molecule has 0 aliphatic carbocycles. The number of halogens is 1. The molecule has 0 atom stereocenters. The number of aryl methyl sites for hydroxylation is 3. The first-order valence-corrected chi connectivity index (χ1v) is 8.81. The molecule has 0 aliphatic heterocycles. The summed E-state index contributed by atoms with van der Waals surface area (Å²) < 4.78 is 2.63. The maximum Gasteiger partial charge on any atom is 0.244 e. The van der Waals surface area contributed by atoms with Crippen LogP contribution in [0.15, 0.2) is 51.9 Å². The molecule has 1 N–H and O–H groups in total.